The summed E-state index contributed by atoms with van der Waals surface area (Å²) in [5, 5.41) is 3.00. The molecule has 0 radical (unpaired) electrons. The van der Waals surface area contributed by atoms with E-state index in [1.54, 1.807) is 19.0 Å². The SMILES string of the molecule is CN(C)C(=O)NC(CN)C1CCCCC1.Cl. The maximum atomic E-state index is 11.5. The molecule has 1 unspecified atom stereocenters. The molecule has 0 saturated heterocycles. The van der Waals surface area contributed by atoms with Gasteiger partial charge in [-0.2, -0.15) is 0 Å². The van der Waals surface area contributed by atoms with E-state index in [-0.39, 0.29) is 24.5 Å². The van der Waals surface area contributed by atoms with E-state index in [9.17, 15) is 4.79 Å². The van der Waals surface area contributed by atoms with Crippen LogP contribution in [0.4, 0.5) is 4.79 Å². The average molecular weight is 250 g/mol. The van der Waals surface area contributed by atoms with Gasteiger partial charge in [-0.3, -0.25) is 0 Å². The summed E-state index contributed by atoms with van der Waals surface area (Å²) in [4.78, 5) is 13.1. The van der Waals surface area contributed by atoms with Gasteiger partial charge in [0.2, 0.25) is 0 Å². The first kappa shape index (κ1) is 15.5. The second kappa shape index (κ2) is 7.74. The Kier molecular flexibility index (Phi) is 7.51. The fourth-order valence-electron chi connectivity index (χ4n) is 2.19. The Morgan fingerprint density at radius 1 is 1.38 bits per heavy atom. The number of amides is 2. The Labute approximate surface area is 104 Å². The quantitative estimate of drug-likeness (QED) is 0.798. The molecule has 4 nitrogen and oxygen atoms in total. The minimum atomic E-state index is -0.0315. The van der Waals surface area contributed by atoms with Gasteiger partial charge in [0.25, 0.3) is 0 Å². The van der Waals surface area contributed by atoms with Gasteiger partial charge < -0.3 is 16.0 Å². The van der Waals surface area contributed by atoms with E-state index in [1.807, 2.05) is 0 Å². The minimum absolute atomic E-state index is 0. The first-order valence-corrected chi connectivity index (χ1v) is 5.83. The molecular formula is C11H24ClN3O. The Balaban J connectivity index is 0.00000225. The van der Waals surface area contributed by atoms with E-state index in [0.29, 0.717) is 12.5 Å². The molecule has 3 N–H and O–H groups in total. The third-order valence-corrected chi connectivity index (χ3v) is 3.19. The highest BCUT2D eigenvalue weighted by Crippen LogP contribution is 2.26. The van der Waals surface area contributed by atoms with E-state index < -0.39 is 0 Å². The number of carbonyl (C=O) groups is 1. The van der Waals surface area contributed by atoms with Crippen molar-refractivity contribution in [1.82, 2.24) is 10.2 Å². The monoisotopic (exact) mass is 249 g/mol. The zero-order chi connectivity index (χ0) is 11.3. The van der Waals surface area contributed by atoms with Gasteiger partial charge in [-0.15, -0.1) is 12.4 Å². The summed E-state index contributed by atoms with van der Waals surface area (Å²) >= 11 is 0. The molecule has 1 saturated carbocycles. The fourth-order valence-corrected chi connectivity index (χ4v) is 2.19. The predicted molar refractivity (Wildman–Crippen MR) is 68.9 cm³/mol. The highest BCUT2D eigenvalue weighted by molar-refractivity contribution is 5.85. The maximum absolute atomic E-state index is 11.5. The predicted octanol–water partition coefficient (Wildman–Crippen LogP) is 1.59. The molecule has 5 heteroatoms. The van der Waals surface area contributed by atoms with Crippen molar-refractivity contribution in [1.29, 1.82) is 0 Å². The Bertz CT molecular complexity index is 205. The lowest BCUT2D eigenvalue weighted by atomic mass is 9.84. The van der Waals surface area contributed by atoms with Gasteiger partial charge in [0, 0.05) is 26.7 Å². The first-order valence-electron chi connectivity index (χ1n) is 5.83. The second-order valence-electron chi connectivity index (χ2n) is 4.58. The minimum Gasteiger partial charge on any atom is -0.334 e. The molecule has 0 aromatic heterocycles. The summed E-state index contributed by atoms with van der Waals surface area (Å²) in [5.41, 5.74) is 5.72. The van der Waals surface area contributed by atoms with Crippen LogP contribution in [0.1, 0.15) is 32.1 Å². The molecule has 1 atom stereocenters. The normalized spacial score (nSPS) is 18.4. The van der Waals surface area contributed by atoms with Crippen LogP contribution in [0.25, 0.3) is 0 Å². The van der Waals surface area contributed by atoms with Crippen molar-refractivity contribution in [3.05, 3.63) is 0 Å². The number of rotatable bonds is 3. The smallest absolute Gasteiger partial charge is 0.317 e. The Morgan fingerprint density at radius 2 is 1.94 bits per heavy atom. The van der Waals surface area contributed by atoms with Crippen LogP contribution >= 0.6 is 12.4 Å². The van der Waals surface area contributed by atoms with Crippen LogP contribution in [0.15, 0.2) is 0 Å². The topological polar surface area (TPSA) is 58.4 Å². The molecule has 16 heavy (non-hydrogen) atoms. The van der Waals surface area contributed by atoms with Crippen molar-refractivity contribution in [3.63, 3.8) is 0 Å². The lowest BCUT2D eigenvalue weighted by Crippen LogP contribution is -2.49. The molecule has 0 aliphatic heterocycles. The summed E-state index contributed by atoms with van der Waals surface area (Å²) in [6, 6.07) is 0.122. The highest BCUT2D eigenvalue weighted by Gasteiger charge is 2.24. The molecule has 0 spiro atoms. The van der Waals surface area contributed by atoms with E-state index in [1.165, 1.54) is 32.1 Å². The van der Waals surface area contributed by atoms with Crippen molar-refractivity contribution in [2.24, 2.45) is 11.7 Å². The second-order valence-corrected chi connectivity index (χ2v) is 4.58. The number of urea groups is 1. The van der Waals surface area contributed by atoms with Crippen LogP contribution in [0.2, 0.25) is 0 Å². The standard InChI is InChI=1S/C11H23N3O.ClH/c1-14(2)11(15)13-10(8-12)9-6-4-3-5-7-9;/h9-10H,3-8,12H2,1-2H3,(H,13,15);1H. The summed E-state index contributed by atoms with van der Waals surface area (Å²) in [5.74, 6) is 0.577. The number of nitrogens with two attached hydrogens (primary N) is 1. The van der Waals surface area contributed by atoms with E-state index in [0.717, 1.165) is 0 Å². The maximum Gasteiger partial charge on any atom is 0.317 e. The lowest BCUT2D eigenvalue weighted by Gasteiger charge is -2.30. The molecule has 96 valence electrons. The van der Waals surface area contributed by atoms with Gasteiger partial charge in [-0.05, 0) is 18.8 Å². The van der Waals surface area contributed by atoms with Gasteiger partial charge in [0.05, 0.1) is 0 Å². The van der Waals surface area contributed by atoms with E-state index >= 15 is 0 Å². The Morgan fingerprint density at radius 3 is 2.38 bits per heavy atom. The van der Waals surface area contributed by atoms with E-state index in [4.69, 9.17) is 5.73 Å². The van der Waals surface area contributed by atoms with Gasteiger partial charge in [-0.1, -0.05) is 19.3 Å². The van der Waals surface area contributed by atoms with Gasteiger partial charge >= 0.3 is 6.03 Å². The molecule has 1 fully saturated rings. The van der Waals surface area contributed by atoms with Crippen LogP contribution in [0.3, 0.4) is 0 Å². The summed E-state index contributed by atoms with van der Waals surface area (Å²) in [6.07, 6.45) is 6.29. The van der Waals surface area contributed by atoms with Crippen molar-refractivity contribution >= 4 is 18.4 Å². The van der Waals surface area contributed by atoms with Crippen LogP contribution < -0.4 is 11.1 Å². The van der Waals surface area contributed by atoms with Crippen molar-refractivity contribution < 1.29 is 4.79 Å². The first-order chi connectivity index (χ1) is 7.15. The zero-order valence-electron chi connectivity index (χ0n) is 10.2. The number of halogens is 1. The number of hydrogen-bond acceptors (Lipinski definition) is 2. The molecule has 0 heterocycles. The number of hydrogen-bond donors (Lipinski definition) is 2. The van der Waals surface area contributed by atoms with Crippen molar-refractivity contribution in [3.8, 4) is 0 Å². The van der Waals surface area contributed by atoms with Crippen molar-refractivity contribution in [2.75, 3.05) is 20.6 Å². The molecular weight excluding hydrogens is 226 g/mol. The third-order valence-electron chi connectivity index (χ3n) is 3.19. The van der Waals surface area contributed by atoms with Gasteiger partial charge in [-0.25, -0.2) is 4.79 Å². The molecule has 1 aliphatic carbocycles. The molecule has 2 amide bonds. The highest BCUT2D eigenvalue weighted by atomic mass is 35.5. The van der Waals surface area contributed by atoms with Crippen LogP contribution in [-0.4, -0.2) is 37.6 Å². The number of nitrogens with one attached hydrogen (secondary N) is 1. The number of nitrogens with zero attached hydrogens (tertiary/aromatic N) is 1. The van der Waals surface area contributed by atoms with Crippen LogP contribution in [0.5, 0.6) is 0 Å². The lowest BCUT2D eigenvalue weighted by molar-refractivity contribution is 0.201. The molecule has 1 rings (SSSR count). The van der Waals surface area contributed by atoms with Gasteiger partial charge in [0.1, 0.15) is 0 Å². The average Bonchev–Trinajstić information content (AvgIpc) is 2.26. The summed E-state index contributed by atoms with van der Waals surface area (Å²) in [7, 11) is 3.51. The number of carbonyl (C=O) groups excluding carboxylic acids is 1. The molecule has 0 aromatic carbocycles. The van der Waals surface area contributed by atoms with E-state index in [2.05, 4.69) is 5.32 Å². The molecule has 0 bridgehead atoms. The summed E-state index contributed by atoms with van der Waals surface area (Å²) in [6.45, 7) is 0.546. The Hall–Kier alpha value is -0.480. The fraction of sp³-hybridized carbons (Fsp3) is 0.909. The third kappa shape index (κ3) is 4.58. The summed E-state index contributed by atoms with van der Waals surface area (Å²) < 4.78 is 0. The van der Waals surface area contributed by atoms with Crippen LogP contribution in [-0.2, 0) is 0 Å². The largest absolute Gasteiger partial charge is 0.334 e. The van der Waals surface area contributed by atoms with Crippen molar-refractivity contribution in [2.45, 2.75) is 38.1 Å². The molecule has 1 aliphatic rings. The zero-order valence-corrected chi connectivity index (χ0v) is 11.1. The van der Waals surface area contributed by atoms with Crippen LogP contribution in [0, 0.1) is 5.92 Å². The van der Waals surface area contributed by atoms with Gasteiger partial charge in [0.15, 0.2) is 0 Å². The molecule has 0 aromatic rings.